The molecule has 2 amide bonds. The number of halogens is 1. The molecule has 3 N–H and O–H groups in total. The molecule has 8 heteroatoms. The second-order valence-electron chi connectivity index (χ2n) is 5.65. The molecule has 2 aromatic carbocycles. The highest BCUT2D eigenvalue weighted by atomic mass is 35.5. The first kappa shape index (κ1) is 21.6. The van der Waals surface area contributed by atoms with Crippen LogP contribution in [0.4, 0.5) is 5.69 Å². The van der Waals surface area contributed by atoms with E-state index < -0.39 is 0 Å². The SMILES string of the molecule is COCCNC(=O)c1ccc(NC(=S)NC(=O)/C=C/c2ccc(Cl)cc2)cc1. The average molecular weight is 418 g/mol. The molecule has 0 aromatic heterocycles. The third-order valence-electron chi connectivity index (χ3n) is 3.53. The molecule has 2 aromatic rings. The summed E-state index contributed by atoms with van der Waals surface area (Å²) in [7, 11) is 1.57. The first-order valence-corrected chi connectivity index (χ1v) is 9.19. The molecule has 0 spiro atoms. The van der Waals surface area contributed by atoms with E-state index in [4.69, 9.17) is 28.6 Å². The van der Waals surface area contributed by atoms with Gasteiger partial charge in [0.05, 0.1) is 6.61 Å². The van der Waals surface area contributed by atoms with Gasteiger partial charge in [0.25, 0.3) is 5.91 Å². The van der Waals surface area contributed by atoms with Crippen LogP contribution in [0.15, 0.2) is 54.6 Å². The van der Waals surface area contributed by atoms with Crippen LogP contribution < -0.4 is 16.0 Å². The first-order valence-electron chi connectivity index (χ1n) is 8.41. The number of hydrogen-bond donors (Lipinski definition) is 3. The van der Waals surface area contributed by atoms with E-state index in [1.807, 2.05) is 0 Å². The fourth-order valence-corrected chi connectivity index (χ4v) is 2.48. The molecular weight excluding hydrogens is 398 g/mol. The topological polar surface area (TPSA) is 79.5 Å². The molecule has 0 aliphatic rings. The van der Waals surface area contributed by atoms with Gasteiger partial charge in [0.2, 0.25) is 5.91 Å². The summed E-state index contributed by atoms with van der Waals surface area (Å²) in [5.41, 5.74) is 2.01. The molecule has 0 aliphatic heterocycles. The molecule has 0 heterocycles. The van der Waals surface area contributed by atoms with Crippen molar-refractivity contribution in [2.75, 3.05) is 25.6 Å². The van der Waals surface area contributed by atoms with E-state index in [1.165, 1.54) is 6.08 Å². The smallest absolute Gasteiger partial charge is 0.251 e. The Balaban J connectivity index is 1.82. The summed E-state index contributed by atoms with van der Waals surface area (Å²) < 4.78 is 4.89. The number of nitrogens with one attached hydrogen (secondary N) is 3. The van der Waals surface area contributed by atoms with Crippen LogP contribution in [0.2, 0.25) is 5.02 Å². The maximum absolute atomic E-state index is 11.9. The fourth-order valence-electron chi connectivity index (χ4n) is 2.14. The molecule has 0 atom stereocenters. The molecule has 28 heavy (non-hydrogen) atoms. The Morgan fingerprint density at radius 2 is 1.79 bits per heavy atom. The maximum Gasteiger partial charge on any atom is 0.251 e. The fraction of sp³-hybridized carbons (Fsp3) is 0.150. The van der Waals surface area contributed by atoms with E-state index in [1.54, 1.807) is 61.7 Å². The van der Waals surface area contributed by atoms with E-state index in [-0.39, 0.29) is 16.9 Å². The third kappa shape index (κ3) is 7.48. The van der Waals surface area contributed by atoms with Crippen LogP contribution in [0.5, 0.6) is 0 Å². The van der Waals surface area contributed by atoms with Crippen LogP contribution >= 0.6 is 23.8 Å². The molecule has 146 valence electrons. The Morgan fingerprint density at radius 3 is 2.43 bits per heavy atom. The van der Waals surface area contributed by atoms with Crippen molar-refractivity contribution in [1.29, 1.82) is 0 Å². The van der Waals surface area contributed by atoms with E-state index in [0.29, 0.717) is 29.4 Å². The van der Waals surface area contributed by atoms with Crippen molar-refractivity contribution in [3.63, 3.8) is 0 Å². The molecule has 6 nitrogen and oxygen atoms in total. The lowest BCUT2D eigenvalue weighted by Crippen LogP contribution is -2.32. The van der Waals surface area contributed by atoms with Gasteiger partial charge in [-0.15, -0.1) is 0 Å². The third-order valence-corrected chi connectivity index (χ3v) is 3.99. The second-order valence-corrected chi connectivity index (χ2v) is 6.50. The van der Waals surface area contributed by atoms with Gasteiger partial charge in [-0.1, -0.05) is 23.7 Å². The summed E-state index contributed by atoms with van der Waals surface area (Å²) in [5, 5.41) is 8.97. The van der Waals surface area contributed by atoms with Gasteiger partial charge in [0.1, 0.15) is 0 Å². The summed E-state index contributed by atoms with van der Waals surface area (Å²) in [6, 6.07) is 13.8. The number of thiocarbonyl (C=S) groups is 1. The number of methoxy groups -OCH3 is 1. The van der Waals surface area contributed by atoms with Crippen LogP contribution in [0.25, 0.3) is 6.08 Å². The first-order chi connectivity index (χ1) is 13.5. The van der Waals surface area contributed by atoms with Crippen molar-refractivity contribution in [3.05, 3.63) is 70.8 Å². The Kier molecular flexibility index (Phi) is 8.61. The molecule has 2 rings (SSSR count). The molecular formula is C20H20ClN3O3S. The quantitative estimate of drug-likeness (QED) is 0.366. The number of amides is 2. The Morgan fingerprint density at radius 1 is 1.11 bits per heavy atom. The number of carbonyl (C=O) groups is 2. The number of hydrogen-bond acceptors (Lipinski definition) is 4. The predicted molar refractivity (Wildman–Crippen MR) is 116 cm³/mol. The molecule has 0 saturated heterocycles. The molecule has 0 fully saturated rings. The second kappa shape index (κ2) is 11.2. The predicted octanol–water partition coefficient (Wildman–Crippen LogP) is 3.24. The van der Waals surface area contributed by atoms with Gasteiger partial charge in [0, 0.05) is 36.0 Å². The Labute approximate surface area is 173 Å². The van der Waals surface area contributed by atoms with Gasteiger partial charge in [0.15, 0.2) is 5.11 Å². The summed E-state index contributed by atoms with van der Waals surface area (Å²) in [6.45, 7) is 0.890. The van der Waals surface area contributed by atoms with Gasteiger partial charge in [-0.25, -0.2) is 0 Å². The lowest BCUT2D eigenvalue weighted by atomic mass is 10.2. The highest BCUT2D eigenvalue weighted by molar-refractivity contribution is 7.80. The number of carbonyl (C=O) groups excluding carboxylic acids is 2. The van der Waals surface area contributed by atoms with Crippen LogP contribution in [-0.4, -0.2) is 37.2 Å². The number of rotatable bonds is 7. The van der Waals surface area contributed by atoms with E-state index in [0.717, 1.165) is 5.56 Å². The van der Waals surface area contributed by atoms with Crippen molar-refractivity contribution < 1.29 is 14.3 Å². The average Bonchev–Trinajstić information content (AvgIpc) is 2.68. The highest BCUT2D eigenvalue weighted by Gasteiger charge is 2.06. The summed E-state index contributed by atoms with van der Waals surface area (Å²) in [6.07, 6.45) is 3.04. The molecule has 0 bridgehead atoms. The van der Waals surface area contributed by atoms with Gasteiger partial charge in [-0.3, -0.25) is 14.9 Å². The lowest BCUT2D eigenvalue weighted by Gasteiger charge is -2.09. The molecule has 0 aliphatic carbocycles. The van der Waals surface area contributed by atoms with Crippen molar-refractivity contribution in [3.8, 4) is 0 Å². The monoisotopic (exact) mass is 417 g/mol. The zero-order valence-corrected chi connectivity index (χ0v) is 16.8. The Bertz CT molecular complexity index is 852. The minimum Gasteiger partial charge on any atom is -0.383 e. The number of ether oxygens (including phenoxy) is 1. The standard InChI is InChI=1S/C20H20ClN3O3S/c1-27-13-12-22-19(26)15-5-9-17(10-6-15)23-20(28)24-18(25)11-4-14-2-7-16(21)8-3-14/h2-11H,12-13H2,1H3,(H,22,26)(H2,23,24,25,28)/b11-4+. The molecule has 0 unspecified atom stereocenters. The molecule has 0 saturated carbocycles. The largest absolute Gasteiger partial charge is 0.383 e. The van der Waals surface area contributed by atoms with Crippen LogP contribution in [0, 0.1) is 0 Å². The van der Waals surface area contributed by atoms with Crippen molar-refractivity contribution in [2.24, 2.45) is 0 Å². The lowest BCUT2D eigenvalue weighted by molar-refractivity contribution is -0.115. The van der Waals surface area contributed by atoms with Crippen molar-refractivity contribution in [2.45, 2.75) is 0 Å². The Hall–Kier alpha value is -2.74. The summed E-state index contributed by atoms with van der Waals surface area (Å²) in [5.74, 6) is -0.548. The van der Waals surface area contributed by atoms with Gasteiger partial charge in [-0.05, 0) is 60.3 Å². The van der Waals surface area contributed by atoms with E-state index >= 15 is 0 Å². The van der Waals surface area contributed by atoms with Gasteiger partial charge >= 0.3 is 0 Å². The summed E-state index contributed by atoms with van der Waals surface area (Å²) >= 11 is 10.9. The number of benzene rings is 2. The van der Waals surface area contributed by atoms with Crippen molar-refractivity contribution in [1.82, 2.24) is 10.6 Å². The van der Waals surface area contributed by atoms with Crippen molar-refractivity contribution >= 4 is 52.5 Å². The van der Waals surface area contributed by atoms with Gasteiger partial charge < -0.3 is 15.4 Å². The summed E-state index contributed by atoms with van der Waals surface area (Å²) in [4.78, 5) is 23.9. The minimum absolute atomic E-state index is 0.156. The van der Waals surface area contributed by atoms with Crippen LogP contribution in [0.3, 0.4) is 0 Å². The van der Waals surface area contributed by atoms with E-state index in [9.17, 15) is 9.59 Å². The van der Waals surface area contributed by atoms with E-state index in [2.05, 4.69) is 16.0 Å². The van der Waals surface area contributed by atoms with Crippen LogP contribution in [0.1, 0.15) is 15.9 Å². The minimum atomic E-state index is -0.360. The number of anilines is 1. The van der Waals surface area contributed by atoms with Gasteiger partial charge in [-0.2, -0.15) is 0 Å². The highest BCUT2D eigenvalue weighted by Crippen LogP contribution is 2.11. The maximum atomic E-state index is 11.9. The zero-order chi connectivity index (χ0) is 20.4. The zero-order valence-electron chi connectivity index (χ0n) is 15.2. The normalized spacial score (nSPS) is 10.5. The molecule has 0 radical (unpaired) electrons. The van der Waals surface area contributed by atoms with Crippen LogP contribution in [-0.2, 0) is 9.53 Å².